The predicted molar refractivity (Wildman–Crippen MR) is 85.3 cm³/mol. The van der Waals surface area contributed by atoms with Crippen LogP contribution in [0.2, 0.25) is 5.02 Å². The molecule has 19 heavy (non-hydrogen) atoms. The maximum absolute atomic E-state index is 6.23. The normalized spacial score (nSPS) is 15.3. The van der Waals surface area contributed by atoms with Gasteiger partial charge in [-0.25, -0.2) is 0 Å². The molecule has 0 amide bonds. The van der Waals surface area contributed by atoms with Crippen LogP contribution in [-0.2, 0) is 19.3 Å². The van der Waals surface area contributed by atoms with E-state index in [1.807, 2.05) is 18.2 Å². The Morgan fingerprint density at radius 2 is 1.84 bits per heavy atom. The van der Waals surface area contributed by atoms with Crippen molar-refractivity contribution in [3.05, 3.63) is 69.7 Å². The molecule has 1 aliphatic rings. The Labute approximate surface area is 127 Å². The molecule has 0 nitrogen and oxygen atoms in total. The third-order valence-corrected chi connectivity index (χ3v) is 5.06. The summed E-state index contributed by atoms with van der Waals surface area (Å²) >= 11 is 10.0. The summed E-state index contributed by atoms with van der Waals surface area (Å²) in [6.07, 6.45) is 4.71. The molecule has 2 aromatic carbocycles. The molecule has 3 rings (SSSR count). The Bertz CT molecular complexity index is 592. The molecule has 0 N–H and O–H groups in total. The summed E-state index contributed by atoms with van der Waals surface area (Å²) in [5, 5.41) is 0.855. The lowest BCUT2D eigenvalue weighted by Crippen LogP contribution is -1.97. The molecule has 0 aliphatic heterocycles. The second-order valence-corrected chi connectivity index (χ2v) is 6.66. The van der Waals surface area contributed by atoms with Gasteiger partial charge < -0.3 is 0 Å². The van der Waals surface area contributed by atoms with Crippen LogP contribution in [0.25, 0.3) is 0 Å². The maximum Gasteiger partial charge on any atom is 0.0438 e. The van der Waals surface area contributed by atoms with Gasteiger partial charge in [0.15, 0.2) is 0 Å². The number of alkyl halides is 1. The van der Waals surface area contributed by atoms with Gasteiger partial charge in [0.25, 0.3) is 0 Å². The Kier molecular flexibility index (Phi) is 3.95. The SMILES string of the molecule is Clc1ccccc1CC(Br)c1ccc2c(c1)CCC2. The monoisotopic (exact) mass is 334 g/mol. The number of fused-ring (bicyclic) bond motifs is 1. The summed E-state index contributed by atoms with van der Waals surface area (Å²) in [5.74, 6) is 0. The molecule has 1 atom stereocenters. The Hall–Kier alpha value is -0.790. The predicted octanol–water partition coefficient (Wildman–Crippen LogP) is 5.51. The average Bonchev–Trinajstić information content (AvgIpc) is 2.88. The van der Waals surface area contributed by atoms with E-state index in [9.17, 15) is 0 Å². The minimum Gasteiger partial charge on any atom is -0.0840 e. The average molecular weight is 336 g/mol. The number of aryl methyl sites for hydroxylation is 2. The van der Waals surface area contributed by atoms with Gasteiger partial charge in [0, 0.05) is 9.85 Å². The molecule has 98 valence electrons. The van der Waals surface area contributed by atoms with Crippen LogP contribution in [0.15, 0.2) is 42.5 Å². The van der Waals surface area contributed by atoms with E-state index in [1.54, 1.807) is 0 Å². The van der Waals surface area contributed by atoms with Gasteiger partial charge in [-0.1, -0.05) is 63.9 Å². The van der Waals surface area contributed by atoms with Crippen LogP contribution in [-0.4, -0.2) is 0 Å². The molecular weight excluding hydrogens is 320 g/mol. The first kappa shape index (κ1) is 13.2. The molecule has 0 aromatic heterocycles. The highest BCUT2D eigenvalue weighted by molar-refractivity contribution is 9.09. The zero-order chi connectivity index (χ0) is 13.2. The zero-order valence-electron chi connectivity index (χ0n) is 10.7. The molecule has 1 unspecified atom stereocenters. The highest BCUT2D eigenvalue weighted by Gasteiger charge is 2.15. The molecule has 0 fully saturated rings. The van der Waals surface area contributed by atoms with Gasteiger partial charge in [0.05, 0.1) is 0 Å². The third kappa shape index (κ3) is 2.88. The first-order valence-corrected chi connectivity index (χ1v) is 8.02. The molecule has 2 heteroatoms. The summed E-state index contributed by atoms with van der Waals surface area (Å²) in [6.45, 7) is 0. The van der Waals surface area contributed by atoms with Crippen molar-refractivity contribution in [1.82, 2.24) is 0 Å². The van der Waals surface area contributed by atoms with E-state index in [-0.39, 0.29) is 0 Å². The van der Waals surface area contributed by atoms with Crippen LogP contribution >= 0.6 is 27.5 Å². The fourth-order valence-corrected chi connectivity index (χ4v) is 3.61. The largest absolute Gasteiger partial charge is 0.0840 e. The van der Waals surface area contributed by atoms with Crippen molar-refractivity contribution in [3.63, 3.8) is 0 Å². The molecule has 0 saturated carbocycles. The van der Waals surface area contributed by atoms with Crippen LogP contribution in [0.3, 0.4) is 0 Å². The fourth-order valence-electron chi connectivity index (χ4n) is 2.76. The van der Waals surface area contributed by atoms with E-state index in [4.69, 9.17) is 11.6 Å². The van der Waals surface area contributed by atoms with Crippen molar-refractivity contribution < 1.29 is 0 Å². The Balaban J connectivity index is 1.81. The second-order valence-electron chi connectivity index (χ2n) is 5.14. The van der Waals surface area contributed by atoms with Crippen molar-refractivity contribution in [3.8, 4) is 0 Å². The van der Waals surface area contributed by atoms with E-state index < -0.39 is 0 Å². The summed E-state index contributed by atoms with van der Waals surface area (Å²) in [7, 11) is 0. The van der Waals surface area contributed by atoms with Gasteiger partial charge in [0.2, 0.25) is 0 Å². The van der Waals surface area contributed by atoms with Gasteiger partial charge in [-0.3, -0.25) is 0 Å². The molecule has 2 aromatic rings. The molecule has 1 aliphatic carbocycles. The zero-order valence-corrected chi connectivity index (χ0v) is 13.0. The fraction of sp³-hybridized carbons (Fsp3) is 0.294. The minimum atomic E-state index is 0.332. The summed E-state index contributed by atoms with van der Waals surface area (Å²) in [4.78, 5) is 0.332. The van der Waals surface area contributed by atoms with Crippen LogP contribution in [0.4, 0.5) is 0 Å². The minimum absolute atomic E-state index is 0.332. The number of rotatable bonds is 3. The molecular formula is C17H16BrCl. The smallest absolute Gasteiger partial charge is 0.0438 e. The molecule has 0 bridgehead atoms. The van der Waals surface area contributed by atoms with E-state index in [2.05, 4.69) is 40.2 Å². The van der Waals surface area contributed by atoms with Gasteiger partial charge in [-0.2, -0.15) is 0 Å². The van der Waals surface area contributed by atoms with E-state index in [1.165, 1.54) is 41.5 Å². The van der Waals surface area contributed by atoms with Gasteiger partial charge in [0.1, 0.15) is 0 Å². The Morgan fingerprint density at radius 1 is 1.05 bits per heavy atom. The first-order chi connectivity index (χ1) is 9.24. The summed E-state index contributed by atoms with van der Waals surface area (Å²) in [6, 6.07) is 15.0. The maximum atomic E-state index is 6.23. The van der Waals surface area contributed by atoms with Crippen molar-refractivity contribution in [2.75, 3.05) is 0 Å². The molecule has 0 saturated heterocycles. The number of halogens is 2. The van der Waals surface area contributed by atoms with Crippen LogP contribution in [0, 0.1) is 0 Å². The van der Waals surface area contributed by atoms with Crippen LogP contribution in [0.5, 0.6) is 0 Å². The number of hydrogen-bond donors (Lipinski definition) is 0. The first-order valence-electron chi connectivity index (χ1n) is 6.73. The van der Waals surface area contributed by atoms with Gasteiger partial charge >= 0.3 is 0 Å². The lowest BCUT2D eigenvalue weighted by Gasteiger charge is -2.13. The van der Waals surface area contributed by atoms with Crippen LogP contribution in [0.1, 0.15) is 33.5 Å². The highest BCUT2D eigenvalue weighted by Crippen LogP contribution is 2.32. The molecule has 0 heterocycles. The molecule has 0 spiro atoms. The lowest BCUT2D eigenvalue weighted by atomic mass is 10.0. The van der Waals surface area contributed by atoms with Crippen LogP contribution < -0.4 is 0 Å². The lowest BCUT2D eigenvalue weighted by molar-refractivity contribution is 0.910. The van der Waals surface area contributed by atoms with Gasteiger partial charge in [-0.05, 0) is 54.0 Å². The molecule has 0 radical (unpaired) electrons. The van der Waals surface area contributed by atoms with Gasteiger partial charge in [-0.15, -0.1) is 0 Å². The van der Waals surface area contributed by atoms with Crippen molar-refractivity contribution >= 4 is 27.5 Å². The summed E-state index contributed by atoms with van der Waals surface area (Å²) < 4.78 is 0. The Morgan fingerprint density at radius 3 is 2.68 bits per heavy atom. The van der Waals surface area contributed by atoms with Crippen molar-refractivity contribution in [2.45, 2.75) is 30.5 Å². The topological polar surface area (TPSA) is 0 Å². The third-order valence-electron chi connectivity index (χ3n) is 3.84. The second kappa shape index (κ2) is 5.68. The number of benzene rings is 2. The highest BCUT2D eigenvalue weighted by atomic mass is 79.9. The van der Waals surface area contributed by atoms with E-state index in [0.717, 1.165) is 11.4 Å². The van der Waals surface area contributed by atoms with Crippen molar-refractivity contribution in [2.24, 2.45) is 0 Å². The van der Waals surface area contributed by atoms with Crippen molar-refractivity contribution in [1.29, 1.82) is 0 Å². The van der Waals surface area contributed by atoms with E-state index >= 15 is 0 Å². The van der Waals surface area contributed by atoms with E-state index in [0.29, 0.717) is 4.83 Å². The number of hydrogen-bond acceptors (Lipinski definition) is 0. The quantitative estimate of drug-likeness (QED) is 0.649. The standard InChI is InChI=1S/C17H16BrCl/c18-16(11-15-4-1-2-7-17(15)19)14-9-8-12-5-3-6-13(12)10-14/h1-2,4,7-10,16H,3,5-6,11H2. The summed E-state index contributed by atoms with van der Waals surface area (Å²) in [5.41, 5.74) is 5.62.